The van der Waals surface area contributed by atoms with Crippen LogP contribution in [0.1, 0.15) is 24.2 Å². The topological polar surface area (TPSA) is 113 Å². The highest BCUT2D eigenvalue weighted by molar-refractivity contribution is 7.78. The van der Waals surface area contributed by atoms with Gasteiger partial charge in [0.2, 0.25) is 0 Å². The van der Waals surface area contributed by atoms with Crippen LogP contribution in [0.5, 0.6) is 0 Å². The van der Waals surface area contributed by atoms with Crippen LogP contribution in [0.4, 0.5) is 0 Å². The van der Waals surface area contributed by atoms with Gasteiger partial charge in [-0.1, -0.05) is 35.3 Å². The van der Waals surface area contributed by atoms with Crippen molar-refractivity contribution in [3.63, 3.8) is 0 Å². The van der Waals surface area contributed by atoms with Gasteiger partial charge in [-0.3, -0.25) is 9.00 Å². The number of nitrogens with two attached hydrogens (primary N) is 1. The Hall–Kier alpha value is -1.28. The summed E-state index contributed by atoms with van der Waals surface area (Å²) in [5, 5.41) is 9.91. The van der Waals surface area contributed by atoms with Crippen molar-refractivity contribution >= 4 is 17.0 Å². The van der Waals surface area contributed by atoms with E-state index in [1.54, 1.807) is 19.1 Å². The molecule has 1 rings (SSSR count). The predicted molar refractivity (Wildman–Crippen MR) is 68.6 cm³/mol. The zero-order chi connectivity index (χ0) is 14.4. The summed E-state index contributed by atoms with van der Waals surface area (Å²) in [6.45, 7) is 1.84. The number of carbonyl (C=O) groups excluding carboxylic acids is 1. The SMILES string of the molecule is CCOC(=O)[C@@H](N)[C@H](O)c1ccc(CS(=O)[O-])cc1. The summed E-state index contributed by atoms with van der Waals surface area (Å²) in [5.41, 5.74) is 6.60. The van der Waals surface area contributed by atoms with Crippen molar-refractivity contribution in [1.29, 1.82) is 0 Å². The lowest BCUT2D eigenvalue weighted by molar-refractivity contribution is -0.147. The van der Waals surface area contributed by atoms with Gasteiger partial charge < -0.3 is 20.1 Å². The van der Waals surface area contributed by atoms with Crippen LogP contribution in [0.2, 0.25) is 0 Å². The Morgan fingerprint density at radius 3 is 2.53 bits per heavy atom. The third-order valence-electron chi connectivity index (χ3n) is 2.50. The Morgan fingerprint density at radius 1 is 1.47 bits per heavy atom. The molecule has 1 aromatic rings. The molecule has 0 spiro atoms. The molecular formula is C12H16NO5S-. The van der Waals surface area contributed by atoms with E-state index < -0.39 is 29.2 Å². The first-order chi connectivity index (χ1) is 8.95. The smallest absolute Gasteiger partial charge is 0.325 e. The minimum Gasteiger partial charge on any atom is -0.772 e. The van der Waals surface area contributed by atoms with Crippen molar-refractivity contribution in [3.8, 4) is 0 Å². The maximum absolute atomic E-state index is 11.4. The minimum absolute atomic E-state index is 0.0969. The fourth-order valence-electron chi connectivity index (χ4n) is 1.52. The zero-order valence-corrected chi connectivity index (χ0v) is 11.3. The van der Waals surface area contributed by atoms with Crippen LogP contribution in [-0.2, 0) is 26.4 Å². The van der Waals surface area contributed by atoms with E-state index in [9.17, 15) is 18.7 Å². The lowest BCUT2D eigenvalue weighted by Crippen LogP contribution is -2.38. The van der Waals surface area contributed by atoms with Gasteiger partial charge in [0.05, 0.1) is 6.61 Å². The molecule has 3 atom stereocenters. The highest BCUT2D eigenvalue weighted by Crippen LogP contribution is 2.17. The molecule has 1 unspecified atom stereocenters. The van der Waals surface area contributed by atoms with Crippen LogP contribution in [0, 0.1) is 0 Å². The van der Waals surface area contributed by atoms with Gasteiger partial charge in [0.25, 0.3) is 0 Å². The fraction of sp³-hybridized carbons (Fsp3) is 0.417. The van der Waals surface area contributed by atoms with Crippen LogP contribution in [-0.4, -0.2) is 32.5 Å². The summed E-state index contributed by atoms with van der Waals surface area (Å²) in [4.78, 5) is 11.4. The number of ether oxygens (including phenoxy) is 1. The highest BCUT2D eigenvalue weighted by atomic mass is 32.2. The Kier molecular flexibility index (Phi) is 6.10. The second kappa shape index (κ2) is 7.34. The van der Waals surface area contributed by atoms with Crippen molar-refractivity contribution in [3.05, 3.63) is 35.4 Å². The van der Waals surface area contributed by atoms with Gasteiger partial charge in [0.15, 0.2) is 0 Å². The molecule has 0 heterocycles. The fourth-order valence-corrected chi connectivity index (χ4v) is 1.99. The first kappa shape index (κ1) is 15.8. The zero-order valence-electron chi connectivity index (χ0n) is 10.4. The Balaban J connectivity index is 2.74. The summed E-state index contributed by atoms with van der Waals surface area (Å²) < 4.78 is 25.8. The number of hydrogen-bond donors (Lipinski definition) is 2. The average molecular weight is 286 g/mol. The molecule has 0 bridgehead atoms. The summed E-state index contributed by atoms with van der Waals surface area (Å²) in [5.74, 6) is -0.778. The van der Waals surface area contributed by atoms with Crippen LogP contribution >= 0.6 is 0 Å². The first-order valence-corrected chi connectivity index (χ1v) is 6.95. The van der Waals surface area contributed by atoms with Gasteiger partial charge >= 0.3 is 5.97 Å². The third kappa shape index (κ3) is 4.71. The summed E-state index contributed by atoms with van der Waals surface area (Å²) in [6.07, 6.45) is -1.19. The van der Waals surface area contributed by atoms with Crippen LogP contribution in [0.15, 0.2) is 24.3 Å². The number of benzene rings is 1. The standard InChI is InChI=1S/C12H17NO5S/c1-2-18-12(15)10(13)11(14)9-5-3-8(4-6-9)7-19(16)17/h3-6,10-11,14H,2,7,13H2,1H3,(H,16,17)/p-1/t10-,11+/m0/s1. The maximum atomic E-state index is 11.4. The largest absolute Gasteiger partial charge is 0.772 e. The Bertz CT molecular complexity index is 448. The quantitative estimate of drug-likeness (QED) is 0.562. The van der Waals surface area contributed by atoms with Crippen LogP contribution in [0.25, 0.3) is 0 Å². The van der Waals surface area contributed by atoms with E-state index >= 15 is 0 Å². The van der Waals surface area contributed by atoms with Crippen molar-refractivity contribution in [1.82, 2.24) is 0 Å². The van der Waals surface area contributed by atoms with E-state index in [-0.39, 0.29) is 12.4 Å². The first-order valence-electron chi connectivity index (χ1n) is 5.70. The van der Waals surface area contributed by atoms with Gasteiger partial charge in [-0.25, -0.2) is 0 Å². The van der Waals surface area contributed by atoms with E-state index in [0.29, 0.717) is 11.1 Å². The number of carbonyl (C=O) groups is 1. The molecular weight excluding hydrogens is 270 g/mol. The molecule has 0 fully saturated rings. The number of aliphatic hydroxyl groups excluding tert-OH is 1. The monoisotopic (exact) mass is 286 g/mol. The highest BCUT2D eigenvalue weighted by Gasteiger charge is 2.25. The maximum Gasteiger partial charge on any atom is 0.325 e. The lowest BCUT2D eigenvalue weighted by Gasteiger charge is -2.18. The number of hydrogen-bond acceptors (Lipinski definition) is 6. The molecule has 7 heteroatoms. The summed E-state index contributed by atoms with van der Waals surface area (Å²) in [7, 11) is 0. The van der Waals surface area contributed by atoms with Gasteiger partial charge in [0, 0.05) is 5.75 Å². The lowest BCUT2D eigenvalue weighted by atomic mass is 10.0. The molecule has 6 nitrogen and oxygen atoms in total. The van der Waals surface area contributed by atoms with Crippen molar-refractivity contribution in [2.24, 2.45) is 5.73 Å². The van der Waals surface area contributed by atoms with Gasteiger partial charge in [-0.2, -0.15) is 0 Å². The molecule has 19 heavy (non-hydrogen) atoms. The van der Waals surface area contributed by atoms with Gasteiger partial charge in [-0.05, 0) is 18.1 Å². The normalized spacial score (nSPS) is 15.6. The second-order valence-electron chi connectivity index (χ2n) is 3.91. The van der Waals surface area contributed by atoms with E-state index in [0.717, 1.165) is 0 Å². The molecule has 0 aliphatic carbocycles. The Morgan fingerprint density at radius 2 is 2.05 bits per heavy atom. The molecule has 3 N–H and O–H groups in total. The Labute approximate surface area is 113 Å². The van der Waals surface area contributed by atoms with E-state index in [4.69, 9.17) is 10.5 Å². The van der Waals surface area contributed by atoms with E-state index in [1.165, 1.54) is 12.1 Å². The van der Waals surface area contributed by atoms with Crippen LogP contribution < -0.4 is 5.73 Å². The summed E-state index contributed by atoms with van der Waals surface area (Å²) >= 11 is -2.16. The molecule has 0 radical (unpaired) electrons. The van der Waals surface area contributed by atoms with Crippen molar-refractivity contribution in [2.45, 2.75) is 24.8 Å². The molecule has 0 aliphatic rings. The molecule has 0 amide bonds. The number of aliphatic hydroxyl groups is 1. The van der Waals surface area contributed by atoms with Crippen molar-refractivity contribution < 1.29 is 23.4 Å². The van der Waals surface area contributed by atoms with Gasteiger partial charge in [-0.15, -0.1) is 0 Å². The third-order valence-corrected chi connectivity index (χ3v) is 3.07. The average Bonchev–Trinajstić information content (AvgIpc) is 2.37. The van der Waals surface area contributed by atoms with Gasteiger partial charge in [0.1, 0.15) is 12.1 Å². The predicted octanol–water partition coefficient (Wildman–Crippen LogP) is -0.0105. The van der Waals surface area contributed by atoms with Crippen LogP contribution in [0.3, 0.4) is 0 Å². The molecule has 0 saturated heterocycles. The number of esters is 1. The number of rotatable bonds is 6. The second-order valence-corrected chi connectivity index (χ2v) is 4.81. The molecule has 106 valence electrons. The van der Waals surface area contributed by atoms with E-state index in [1.807, 2.05) is 0 Å². The molecule has 1 aromatic carbocycles. The molecule has 0 aromatic heterocycles. The minimum atomic E-state index is -2.16. The summed E-state index contributed by atoms with van der Waals surface area (Å²) in [6, 6.07) is 5.02. The molecule has 0 saturated carbocycles. The van der Waals surface area contributed by atoms with E-state index in [2.05, 4.69) is 0 Å². The molecule has 0 aliphatic heterocycles. The van der Waals surface area contributed by atoms with Crippen molar-refractivity contribution in [2.75, 3.05) is 6.61 Å².